The summed E-state index contributed by atoms with van der Waals surface area (Å²) in [5, 5.41) is 1.14. The molecule has 0 amide bonds. The molecule has 2 nitrogen and oxygen atoms in total. The molecule has 0 aliphatic heterocycles. The predicted octanol–water partition coefficient (Wildman–Crippen LogP) is 4.61. The lowest BCUT2D eigenvalue weighted by molar-refractivity contribution is 0.306. The van der Waals surface area contributed by atoms with E-state index >= 15 is 0 Å². The Balaban J connectivity index is 1.85. The molecular weight excluding hydrogens is 277 g/mol. The van der Waals surface area contributed by atoms with Crippen LogP contribution in [0, 0.1) is 5.82 Å². The van der Waals surface area contributed by atoms with Gasteiger partial charge in [0.05, 0.1) is 10.5 Å². The zero-order chi connectivity index (χ0) is 13.9. The van der Waals surface area contributed by atoms with Crippen molar-refractivity contribution in [1.29, 1.82) is 0 Å². The Morgan fingerprint density at radius 3 is 2.80 bits per heavy atom. The highest BCUT2D eigenvalue weighted by molar-refractivity contribution is 6.30. The Kier molecular flexibility index (Phi) is 3.52. The third kappa shape index (κ3) is 2.58. The van der Waals surface area contributed by atoms with E-state index in [2.05, 4.69) is 4.98 Å². The molecule has 0 saturated heterocycles. The highest BCUT2D eigenvalue weighted by Gasteiger charge is 2.05. The van der Waals surface area contributed by atoms with Gasteiger partial charge in [-0.3, -0.25) is 4.98 Å². The van der Waals surface area contributed by atoms with Gasteiger partial charge >= 0.3 is 0 Å². The van der Waals surface area contributed by atoms with E-state index in [0.717, 1.165) is 16.5 Å². The molecule has 0 N–H and O–H groups in total. The van der Waals surface area contributed by atoms with Gasteiger partial charge in [-0.15, -0.1) is 0 Å². The molecule has 0 spiro atoms. The van der Waals surface area contributed by atoms with Crippen molar-refractivity contribution in [3.63, 3.8) is 0 Å². The van der Waals surface area contributed by atoms with Crippen molar-refractivity contribution in [1.82, 2.24) is 4.98 Å². The smallest absolute Gasteiger partial charge is 0.145 e. The van der Waals surface area contributed by atoms with E-state index in [1.807, 2.05) is 30.3 Å². The fourth-order valence-electron chi connectivity index (χ4n) is 2.01. The van der Waals surface area contributed by atoms with Crippen LogP contribution >= 0.6 is 11.6 Å². The second kappa shape index (κ2) is 5.47. The normalized spacial score (nSPS) is 10.7. The third-order valence-electron chi connectivity index (χ3n) is 3.00. The van der Waals surface area contributed by atoms with Gasteiger partial charge in [-0.25, -0.2) is 4.39 Å². The number of benzene rings is 2. The number of aromatic nitrogens is 1. The van der Waals surface area contributed by atoms with Crippen LogP contribution in [-0.2, 0) is 6.61 Å². The van der Waals surface area contributed by atoms with Crippen LogP contribution in [0.1, 0.15) is 5.56 Å². The number of para-hydroxylation sites is 1. The average molecular weight is 288 g/mol. The van der Waals surface area contributed by atoms with Gasteiger partial charge in [-0.05, 0) is 18.2 Å². The van der Waals surface area contributed by atoms with Crippen molar-refractivity contribution in [2.75, 3.05) is 0 Å². The van der Waals surface area contributed by atoms with Gasteiger partial charge in [0.2, 0.25) is 0 Å². The van der Waals surface area contributed by atoms with Gasteiger partial charge in [-0.2, -0.15) is 0 Å². The summed E-state index contributed by atoms with van der Waals surface area (Å²) in [6.45, 7) is 0.329. The number of hydrogen-bond acceptors (Lipinski definition) is 2. The molecule has 0 bridgehead atoms. The number of pyridine rings is 1. The Bertz CT molecular complexity index is 755. The molecule has 2 aromatic carbocycles. The molecule has 0 radical (unpaired) electrons. The third-order valence-corrected chi connectivity index (χ3v) is 3.31. The molecule has 0 saturated carbocycles. The van der Waals surface area contributed by atoms with Crippen LogP contribution in [0.2, 0.25) is 5.02 Å². The van der Waals surface area contributed by atoms with E-state index in [0.29, 0.717) is 12.4 Å². The first kappa shape index (κ1) is 12.9. The van der Waals surface area contributed by atoms with Gasteiger partial charge < -0.3 is 4.74 Å². The second-order valence-corrected chi connectivity index (χ2v) is 4.76. The lowest BCUT2D eigenvalue weighted by atomic mass is 10.1. The van der Waals surface area contributed by atoms with E-state index in [9.17, 15) is 4.39 Å². The molecule has 0 aliphatic carbocycles. The first-order chi connectivity index (χ1) is 9.74. The molecule has 0 fully saturated rings. The molecule has 4 heteroatoms. The number of fused-ring (bicyclic) bond motifs is 1. The van der Waals surface area contributed by atoms with Crippen LogP contribution < -0.4 is 4.74 Å². The maximum atomic E-state index is 13.3. The quantitative estimate of drug-likeness (QED) is 0.702. The minimum atomic E-state index is -0.486. The maximum absolute atomic E-state index is 13.3. The summed E-state index contributed by atoms with van der Waals surface area (Å²) in [5.74, 6) is -0.0416. The van der Waals surface area contributed by atoms with Gasteiger partial charge in [0.1, 0.15) is 18.2 Å². The summed E-state index contributed by atoms with van der Waals surface area (Å²) in [7, 11) is 0. The number of hydrogen-bond donors (Lipinski definition) is 0. The van der Waals surface area contributed by atoms with Crippen molar-refractivity contribution in [3.05, 3.63) is 71.1 Å². The van der Waals surface area contributed by atoms with Crippen molar-refractivity contribution in [2.24, 2.45) is 0 Å². The van der Waals surface area contributed by atoms with E-state index in [4.69, 9.17) is 16.3 Å². The summed E-state index contributed by atoms with van der Waals surface area (Å²) in [4.78, 5) is 4.35. The van der Waals surface area contributed by atoms with Crippen LogP contribution in [0.15, 0.2) is 54.7 Å². The molecule has 20 heavy (non-hydrogen) atoms. The Labute approximate surface area is 120 Å². The van der Waals surface area contributed by atoms with E-state index in [1.54, 1.807) is 12.3 Å². The van der Waals surface area contributed by atoms with Crippen LogP contribution in [0.4, 0.5) is 4.39 Å². The molecule has 3 aromatic rings. The van der Waals surface area contributed by atoms with Crippen LogP contribution in [-0.4, -0.2) is 4.98 Å². The summed E-state index contributed by atoms with van der Waals surface area (Å²) < 4.78 is 18.9. The zero-order valence-electron chi connectivity index (χ0n) is 10.5. The van der Waals surface area contributed by atoms with Crippen molar-refractivity contribution in [2.45, 2.75) is 6.61 Å². The molecule has 0 unspecified atom stereocenters. The molecule has 0 atom stereocenters. The van der Waals surface area contributed by atoms with Crippen LogP contribution in [0.3, 0.4) is 0 Å². The lowest BCUT2D eigenvalue weighted by Crippen LogP contribution is -1.97. The van der Waals surface area contributed by atoms with Gasteiger partial charge in [0.15, 0.2) is 0 Å². The molecule has 1 aromatic heterocycles. The summed E-state index contributed by atoms with van der Waals surface area (Å²) in [6.07, 6.45) is 1.74. The highest BCUT2D eigenvalue weighted by Crippen LogP contribution is 2.22. The zero-order valence-corrected chi connectivity index (χ0v) is 11.3. The molecule has 1 heterocycles. The Morgan fingerprint density at radius 2 is 1.95 bits per heavy atom. The Hall–Kier alpha value is -2.13. The van der Waals surface area contributed by atoms with Crippen molar-refractivity contribution in [3.8, 4) is 5.75 Å². The lowest BCUT2D eigenvalue weighted by Gasteiger charge is -2.08. The monoisotopic (exact) mass is 287 g/mol. The number of rotatable bonds is 3. The topological polar surface area (TPSA) is 22.1 Å². The summed E-state index contributed by atoms with van der Waals surface area (Å²) in [6, 6.07) is 14.2. The first-order valence-electron chi connectivity index (χ1n) is 6.14. The van der Waals surface area contributed by atoms with E-state index in [1.165, 1.54) is 12.1 Å². The SMILES string of the molecule is Fc1cc(OCc2cccc3cccnc23)ccc1Cl. The standard InChI is InChI=1S/C16H11ClFNO/c17-14-7-6-13(9-15(14)18)20-10-12-4-1-3-11-5-2-8-19-16(11)12/h1-9H,10H2. The van der Waals surface area contributed by atoms with Crippen LogP contribution in [0.25, 0.3) is 10.9 Å². The maximum Gasteiger partial charge on any atom is 0.145 e. The highest BCUT2D eigenvalue weighted by atomic mass is 35.5. The van der Waals surface area contributed by atoms with Crippen LogP contribution in [0.5, 0.6) is 5.75 Å². The minimum Gasteiger partial charge on any atom is -0.489 e. The molecule has 0 aliphatic rings. The van der Waals surface area contributed by atoms with Crippen molar-refractivity contribution < 1.29 is 9.13 Å². The number of halogens is 2. The number of nitrogens with zero attached hydrogens (tertiary/aromatic N) is 1. The summed E-state index contributed by atoms with van der Waals surface area (Å²) in [5.41, 5.74) is 1.85. The summed E-state index contributed by atoms with van der Waals surface area (Å²) >= 11 is 5.64. The van der Waals surface area contributed by atoms with Gasteiger partial charge in [-0.1, -0.05) is 35.9 Å². The predicted molar refractivity (Wildman–Crippen MR) is 77.5 cm³/mol. The largest absolute Gasteiger partial charge is 0.489 e. The van der Waals surface area contributed by atoms with Gasteiger partial charge in [0.25, 0.3) is 0 Å². The molecular formula is C16H11ClFNO. The second-order valence-electron chi connectivity index (χ2n) is 4.36. The van der Waals surface area contributed by atoms with E-state index in [-0.39, 0.29) is 5.02 Å². The fraction of sp³-hybridized carbons (Fsp3) is 0.0625. The first-order valence-corrected chi connectivity index (χ1v) is 6.52. The van der Waals surface area contributed by atoms with Crippen molar-refractivity contribution >= 4 is 22.5 Å². The minimum absolute atomic E-state index is 0.0872. The molecule has 3 rings (SSSR count). The number of ether oxygens (including phenoxy) is 1. The Morgan fingerprint density at radius 1 is 1.10 bits per heavy atom. The fourth-order valence-corrected chi connectivity index (χ4v) is 2.13. The van der Waals surface area contributed by atoms with Gasteiger partial charge in [0, 0.05) is 23.2 Å². The average Bonchev–Trinajstić information content (AvgIpc) is 2.48. The van der Waals surface area contributed by atoms with E-state index < -0.39 is 5.82 Å². The molecule has 100 valence electrons.